The summed E-state index contributed by atoms with van der Waals surface area (Å²) in [6.07, 6.45) is 4.88. The first-order valence-electron chi connectivity index (χ1n) is 9.74. The first-order valence-corrected chi connectivity index (χ1v) is 10.6. The predicted molar refractivity (Wildman–Crippen MR) is 112 cm³/mol. The molecule has 1 aliphatic carbocycles. The van der Waals surface area contributed by atoms with Crippen molar-refractivity contribution in [2.75, 3.05) is 34.4 Å². The standard InChI is InChI=1S/C22H27NO5S/c1-23(11-10-15-8-9-18(26-2)19(12-15)27-3)21(24)13-28-22(25)17-14-29-20-7-5-4-6-16(17)20/h8-9,12,14H,4-7,10-11,13H2,1-3H3. The number of carbonyl (C=O) groups excluding carboxylic acids is 2. The second-order valence-corrected chi connectivity index (χ2v) is 8.05. The van der Waals surface area contributed by atoms with Gasteiger partial charge in [0, 0.05) is 23.8 Å². The van der Waals surface area contributed by atoms with Crippen LogP contribution in [0.1, 0.15) is 39.2 Å². The highest BCUT2D eigenvalue weighted by Gasteiger charge is 2.22. The number of rotatable bonds is 8. The molecule has 7 heteroatoms. The lowest BCUT2D eigenvalue weighted by Crippen LogP contribution is -2.33. The van der Waals surface area contributed by atoms with Crippen molar-refractivity contribution in [2.45, 2.75) is 32.1 Å². The molecule has 0 bridgehead atoms. The number of hydrogen-bond acceptors (Lipinski definition) is 6. The highest BCUT2D eigenvalue weighted by Crippen LogP contribution is 2.30. The Bertz CT molecular complexity index is 876. The third-order valence-corrected chi connectivity index (χ3v) is 6.31. The van der Waals surface area contributed by atoms with Crippen LogP contribution in [0.5, 0.6) is 11.5 Å². The first kappa shape index (κ1) is 21.2. The SMILES string of the molecule is COc1ccc(CCN(C)C(=O)COC(=O)c2csc3c2CCCC3)cc1OC. The third-order valence-electron chi connectivity index (χ3n) is 5.22. The molecule has 156 valence electrons. The summed E-state index contributed by atoms with van der Waals surface area (Å²) in [6.45, 7) is 0.269. The molecule has 29 heavy (non-hydrogen) atoms. The van der Waals surface area contributed by atoms with Crippen molar-refractivity contribution in [1.29, 1.82) is 0 Å². The smallest absolute Gasteiger partial charge is 0.339 e. The topological polar surface area (TPSA) is 65.1 Å². The molecule has 0 radical (unpaired) electrons. The molecule has 1 aliphatic rings. The molecule has 1 aromatic carbocycles. The van der Waals surface area contributed by atoms with Gasteiger partial charge < -0.3 is 19.1 Å². The van der Waals surface area contributed by atoms with Gasteiger partial charge in [0.1, 0.15) is 0 Å². The van der Waals surface area contributed by atoms with Crippen LogP contribution in [-0.2, 0) is 28.8 Å². The van der Waals surface area contributed by atoms with Crippen LogP contribution in [0.4, 0.5) is 0 Å². The van der Waals surface area contributed by atoms with Crippen molar-refractivity contribution >= 4 is 23.2 Å². The van der Waals surface area contributed by atoms with E-state index in [-0.39, 0.29) is 12.5 Å². The summed E-state index contributed by atoms with van der Waals surface area (Å²) in [5, 5.41) is 1.86. The number of nitrogens with zero attached hydrogens (tertiary/aromatic N) is 1. The average molecular weight is 418 g/mol. The molecule has 0 spiro atoms. The van der Waals surface area contributed by atoms with Gasteiger partial charge in [0.15, 0.2) is 18.1 Å². The van der Waals surface area contributed by atoms with Crippen molar-refractivity contribution in [2.24, 2.45) is 0 Å². The van der Waals surface area contributed by atoms with Crippen LogP contribution in [0.25, 0.3) is 0 Å². The van der Waals surface area contributed by atoms with E-state index in [1.807, 2.05) is 23.6 Å². The number of likely N-dealkylation sites (N-methyl/N-ethyl adjacent to an activating group) is 1. The van der Waals surface area contributed by atoms with Crippen LogP contribution in [0.2, 0.25) is 0 Å². The molecule has 3 rings (SSSR count). The maximum Gasteiger partial charge on any atom is 0.339 e. The Kier molecular flexibility index (Phi) is 7.14. The number of fused-ring (bicyclic) bond motifs is 1. The van der Waals surface area contributed by atoms with Gasteiger partial charge in [-0.25, -0.2) is 4.79 Å². The zero-order chi connectivity index (χ0) is 20.8. The molecular formula is C22H27NO5S. The number of methoxy groups -OCH3 is 2. The van der Waals surface area contributed by atoms with Gasteiger partial charge in [-0.3, -0.25) is 4.79 Å². The molecule has 0 fully saturated rings. The molecule has 6 nitrogen and oxygen atoms in total. The Labute approximate surface area is 175 Å². The van der Waals surface area contributed by atoms with E-state index in [4.69, 9.17) is 14.2 Å². The lowest BCUT2D eigenvalue weighted by atomic mass is 9.96. The van der Waals surface area contributed by atoms with Crippen molar-refractivity contribution in [3.8, 4) is 11.5 Å². The molecule has 0 atom stereocenters. The fourth-order valence-corrected chi connectivity index (χ4v) is 4.55. The van der Waals surface area contributed by atoms with Crippen molar-refractivity contribution in [3.63, 3.8) is 0 Å². The van der Waals surface area contributed by atoms with E-state index in [0.29, 0.717) is 30.0 Å². The van der Waals surface area contributed by atoms with E-state index in [1.165, 1.54) is 11.3 Å². The number of amides is 1. The normalized spacial score (nSPS) is 12.8. The summed E-state index contributed by atoms with van der Waals surface area (Å²) in [6, 6.07) is 5.69. The van der Waals surface area contributed by atoms with E-state index in [9.17, 15) is 9.59 Å². The minimum absolute atomic E-state index is 0.220. The van der Waals surface area contributed by atoms with E-state index < -0.39 is 5.97 Å². The Morgan fingerprint density at radius 1 is 1.10 bits per heavy atom. The minimum Gasteiger partial charge on any atom is -0.493 e. The van der Waals surface area contributed by atoms with Crippen LogP contribution in [-0.4, -0.2) is 51.2 Å². The molecular weight excluding hydrogens is 390 g/mol. The van der Waals surface area contributed by atoms with Crippen LogP contribution < -0.4 is 9.47 Å². The summed E-state index contributed by atoms with van der Waals surface area (Å²) < 4.78 is 15.8. The molecule has 0 unspecified atom stereocenters. The zero-order valence-electron chi connectivity index (χ0n) is 17.2. The first-order chi connectivity index (χ1) is 14.0. The minimum atomic E-state index is -0.397. The highest BCUT2D eigenvalue weighted by molar-refractivity contribution is 7.10. The van der Waals surface area contributed by atoms with Gasteiger partial charge in [0.05, 0.1) is 19.8 Å². The number of hydrogen-bond donors (Lipinski definition) is 0. The van der Waals surface area contributed by atoms with Gasteiger partial charge in [-0.1, -0.05) is 6.07 Å². The molecule has 0 aliphatic heterocycles. The van der Waals surface area contributed by atoms with Crippen molar-refractivity contribution in [3.05, 3.63) is 45.1 Å². The lowest BCUT2D eigenvalue weighted by molar-refractivity contribution is -0.133. The summed E-state index contributed by atoms with van der Waals surface area (Å²) >= 11 is 1.62. The summed E-state index contributed by atoms with van der Waals surface area (Å²) in [7, 11) is 4.90. The van der Waals surface area contributed by atoms with Gasteiger partial charge in [0.2, 0.25) is 0 Å². The van der Waals surface area contributed by atoms with Crippen LogP contribution in [0.15, 0.2) is 23.6 Å². The van der Waals surface area contributed by atoms with E-state index in [0.717, 1.165) is 30.4 Å². The fourth-order valence-electron chi connectivity index (χ4n) is 3.44. The summed E-state index contributed by atoms with van der Waals surface area (Å²) in [5.74, 6) is 0.712. The molecule has 0 saturated heterocycles. The lowest BCUT2D eigenvalue weighted by Gasteiger charge is -2.18. The predicted octanol–water partition coefficient (Wildman–Crippen LogP) is 3.50. The number of aryl methyl sites for hydroxylation is 1. The van der Waals surface area contributed by atoms with Crippen molar-refractivity contribution in [1.82, 2.24) is 4.90 Å². The average Bonchev–Trinajstić information content (AvgIpc) is 3.19. The van der Waals surface area contributed by atoms with Gasteiger partial charge in [-0.2, -0.15) is 0 Å². The molecule has 1 aromatic heterocycles. The number of ether oxygens (including phenoxy) is 3. The van der Waals surface area contributed by atoms with Gasteiger partial charge in [-0.05, 0) is 55.4 Å². The van der Waals surface area contributed by atoms with E-state index in [1.54, 1.807) is 37.5 Å². The second kappa shape index (κ2) is 9.78. The van der Waals surface area contributed by atoms with Crippen molar-refractivity contribution < 1.29 is 23.8 Å². The quantitative estimate of drug-likeness (QED) is 0.615. The Morgan fingerprint density at radius 3 is 2.62 bits per heavy atom. The molecule has 2 aromatic rings. The van der Waals surface area contributed by atoms with E-state index >= 15 is 0 Å². The summed E-state index contributed by atoms with van der Waals surface area (Å²) in [4.78, 5) is 27.6. The van der Waals surface area contributed by atoms with Gasteiger partial charge in [-0.15, -0.1) is 11.3 Å². The monoisotopic (exact) mass is 417 g/mol. The Hall–Kier alpha value is -2.54. The van der Waals surface area contributed by atoms with Crippen LogP contribution in [0.3, 0.4) is 0 Å². The van der Waals surface area contributed by atoms with Crippen LogP contribution in [0, 0.1) is 0 Å². The number of benzene rings is 1. The molecule has 1 heterocycles. The fraction of sp³-hybridized carbons (Fsp3) is 0.455. The largest absolute Gasteiger partial charge is 0.493 e. The van der Waals surface area contributed by atoms with Crippen LogP contribution >= 0.6 is 11.3 Å². The second-order valence-electron chi connectivity index (χ2n) is 7.09. The van der Waals surface area contributed by atoms with E-state index in [2.05, 4.69) is 0 Å². The Morgan fingerprint density at radius 2 is 1.86 bits per heavy atom. The maximum atomic E-state index is 12.4. The van der Waals surface area contributed by atoms with Gasteiger partial charge >= 0.3 is 5.97 Å². The maximum absolute atomic E-state index is 12.4. The summed E-state index contributed by atoms with van der Waals surface area (Å²) in [5.41, 5.74) is 2.77. The molecule has 0 N–H and O–H groups in total. The number of esters is 1. The van der Waals surface area contributed by atoms with Gasteiger partial charge in [0.25, 0.3) is 5.91 Å². The number of thiophene rings is 1. The number of carbonyl (C=O) groups is 2. The zero-order valence-corrected chi connectivity index (χ0v) is 18.0. The molecule has 1 amide bonds. The Balaban J connectivity index is 1.49. The molecule has 0 saturated carbocycles. The highest BCUT2D eigenvalue weighted by atomic mass is 32.1. The third kappa shape index (κ3) is 5.09.